The predicted octanol–water partition coefficient (Wildman–Crippen LogP) is 9.78. The highest BCUT2D eigenvalue weighted by molar-refractivity contribution is 5.83. The van der Waals surface area contributed by atoms with E-state index in [9.17, 15) is 0 Å². The van der Waals surface area contributed by atoms with Gasteiger partial charge in [0.2, 0.25) is 0 Å². The highest BCUT2D eigenvalue weighted by Gasteiger charge is 2.62. The molecule has 0 radical (unpaired) electrons. The summed E-state index contributed by atoms with van der Waals surface area (Å²) in [5.41, 5.74) is 9.40. The molecule has 2 nitrogen and oxygen atoms in total. The minimum atomic E-state index is 0.160. The monoisotopic (exact) mass is 508 g/mol. The maximum atomic E-state index is 3.15. The Morgan fingerprint density at radius 3 is 1.82 bits per heavy atom. The van der Waals surface area contributed by atoms with Crippen molar-refractivity contribution in [1.82, 2.24) is 4.90 Å². The Labute approximate surface area is 231 Å². The lowest BCUT2D eigenvalue weighted by Crippen LogP contribution is -2.60. The zero-order valence-corrected chi connectivity index (χ0v) is 23.9. The summed E-state index contributed by atoms with van der Waals surface area (Å²) in [6.45, 7) is 4.80. The summed E-state index contributed by atoms with van der Waals surface area (Å²) < 4.78 is 0. The molecule has 202 valence electrons. The van der Waals surface area contributed by atoms with E-state index in [-0.39, 0.29) is 5.54 Å². The van der Waals surface area contributed by atoms with Crippen LogP contribution < -0.4 is 4.90 Å². The first-order valence-electron chi connectivity index (χ1n) is 16.2. The van der Waals surface area contributed by atoms with E-state index in [1.807, 2.05) is 0 Å². The average Bonchev–Trinajstić information content (AvgIpc) is 3.45. The number of hydrogen-bond acceptors (Lipinski definition) is 2. The molecular weight excluding hydrogens is 460 g/mol. The van der Waals surface area contributed by atoms with Crippen molar-refractivity contribution in [3.8, 4) is 0 Å². The largest absolute Gasteiger partial charge is 0.338 e. The van der Waals surface area contributed by atoms with E-state index >= 15 is 0 Å². The van der Waals surface area contributed by atoms with E-state index in [4.69, 9.17) is 0 Å². The molecule has 3 saturated carbocycles. The molecule has 0 N–H and O–H groups in total. The van der Waals surface area contributed by atoms with Crippen LogP contribution in [-0.4, -0.2) is 11.1 Å². The number of nitrogens with zero attached hydrogens (tertiary/aromatic N) is 2. The Kier molecular flexibility index (Phi) is 6.57. The van der Waals surface area contributed by atoms with Crippen LogP contribution in [0.15, 0.2) is 54.2 Å². The third kappa shape index (κ3) is 3.65. The zero-order chi connectivity index (χ0) is 25.7. The fraction of sp³-hybridized carbons (Fsp3) is 0.611. The van der Waals surface area contributed by atoms with E-state index < -0.39 is 0 Å². The van der Waals surface area contributed by atoms with Gasteiger partial charge in [-0.15, -0.1) is 0 Å². The van der Waals surface area contributed by atoms with Crippen LogP contribution in [0.3, 0.4) is 0 Å². The summed E-state index contributed by atoms with van der Waals surface area (Å²) in [7, 11) is 0. The second-order valence-electron chi connectivity index (χ2n) is 13.3. The second kappa shape index (κ2) is 10.1. The van der Waals surface area contributed by atoms with Crippen molar-refractivity contribution in [2.24, 2.45) is 17.8 Å². The van der Waals surface area contributed by atoms with Crippen LogP contribution in [0.1, 0.15) is 120 Å². The number of benzene rings is 2. The first-order chi connectivity index (χ1) is 18.7. The predicted molar refractivity (Wildman–Crippen MR) is 160 cm³/mol. The number of para-hydroxylation sites is 1. The molecule has 2 aromatic carbocycles. The first-order valence-corrected chi connectivity index (χ1v) is 16.2. The van der Waals surface area contributed by atoms with Gasteiger partial charge < -0.3 is 9.80 Å². The molecule has 3 aliphatic carbocycles. The normalized spacial score (nSPS) is 26.6. The minimum Gasteiger partial charge on any atom is -0.338 e. The Morgan fingerprint density at radius 1 is 0.632 bits per heavy atom. The maximum absolute atomic E-state index is 3.15. The summed E-state index contributed by atoms with van der Waals surface area (Å²) in [5.74, 6) is 2.28. The number of aryl methyl sites for hydroxylation is 1. The lowest BCUT2D eigenvalue weighted by atomic mass is 9.61. The highest BCUT2D eigenvalue weighted by atomic mass is 15.5. The van der Waals surface area contributed by atoms with E-state index in [0.29, 0.717) is 6.17 Å². The van der Waals surface area contributed by atoms with Gasteiger partial charge in [0.25, 0.3) is 0 Å². The molecular formula is C36H48N2. The van der Waals surface area contributed by atoms with Gasteiger partial charge in [0.15, 0.2) is 0 Å². The fourth-order valence-corrected chi connectivity index (χ4v) is 9.89. The van der Waals surface area contributed by atoms with Gasteiger partial charge in [-0.05, 0) is 87.3 Å². The summed E-state index contributed by atoms with van der Waals surface area (Å²) in [6.07, 6.45) is 21.6. The van der Waals surface area contributed by atoms with Crippen LogP contribution in [0.25, 0.3) is 5.70 Å². The van der Waals surface area contributed by atoms with Crippen molar-refractivity contribution in [2.75, 3.05) is 4.90 Å². The van der Waals surface area contributed by atoms with Crippen LogP contribution in [0.2, 0.25) is 0 Å². The number of fused-ring (bicyclic) bond motifs is 3. The topological polar surface area (TPSA) is 6.48 Å². The molecule has 2 aromatic rings. The maximum Gasteiger partial charge on any atom is 0.110 e. The van der Waals surface area contributed by atoms with E-state index in [1.165, 1.54) is 113 Å². The molecule has 2 aliphatic heterocycles. The van der Waals surface area contributed by atoms with Gasteiger partial charge in [-0.1, -0.05) is 100 Å². The van der Waals surface area contributed by atoms with E-state index in [0.717, 1.165) is 17.8 Å². The van der Waals surface area contributed by atoms with Crippen molar-refractivity contribution in [3.05, 3.63) is 70.9 Å². The number of rotatable bonds is 4. The molecule has 0 bridgehead atoms. The van der Waals surface area contributed by atoms with Gasteiger partial charge in [-0.3, -0.25) is 0 Å². The Balaban J connectivity index is 1.49. The summed E-state index contributed by atoms with van der Waals surface area (Å²) in [4.78, 5) is 6.00. The van der Waals surface area contributed by atoms with Gasteiger partial charge in [-0.25, -0.2) is 0 Å². The van der Waals surface area contributed by atoms with Crippen molar-refractivity contribution < 1.29 is 0 Å². The summed E-state index contributed by atoms with van der Waals surface area (Å²) in [5, 5.41) is 0. The zero-order valence-electron chi connectivity index (χ0n) is 23.9. The van der Waals surface area contributed by atoms with Crippen LogP contribution >= 0.6 is 0 Å². The lowest BCUT2D eigenvalue weighted by molar-refractivity contribution is -0.0382. The molecule has 1 unspecified atom stereocenters. The Hall–Kier alpha value is -2.22. The average molecular weight is 509 g/mol. The van der Waals surface area contributed by atoms with Crippen LogP contribution in [0, 0.1) is 24.7 Å². The van der Waals surface area contributed by atoms with Crippen LogP contribution in [-0.2, 0) is 5.54 Å². The van der Waals surface area contributed by atoms with Crippen molar-refractivity contribution in [1.29, 1.82) is 0 Å². The van der Waals surface area contributed by atoms with Crippen molar-refractivity contribution in [3.63, 3.8) is 0 Å². The molecule has 2 heteroatoms. The molecule has 7 rings (SSSR count). The molecule has 2 heterocycles. The standard InChI is InChI=1S/C36H48N2/c1-26-16-12-15-25-33(26)37-27(2)34-31-23-13-14-24-32(31)36(29-19-8-4-9-20-29,30-21-10-5-11-22-30)38(34)35(37)28-17-6-3-7-18-28/h12-16,23-25,28-30,35H,3-11,17-22H2,1-2H3. The summed E-state index contributed by atoms with van der Waals surface area (Å²) >= 11 is 0. The Bertz CT molecular complexity index is 1160. The Morgan fingerprint density at radius 2 is 1.18 bits per heavy atom. The van der Waals surface area contributed by atoms with Crippen molar-refractivity contribution in [2.45, 2.75) is 122 Å². The third-order valence-corrected chi connectivity index (χ3v) is 11.4. The number of hydrogen-bond donors (Lipinski definition) is 0. The third-order valence-electron chi connectivity index (χ3n) is 11.4. The van der Waals surface area contributed by atoms with E-state index in [1.54, 1.807) is 16.8 Å². The van der Waals surface area contributed by atoms with Gasteiger partial charge in [0, 0.05) is 16.9 Å². The quantitative estimate of drug-likeness (QED) is 0.405. The molecule has 3 fully saturated rings. The minimum absolute atomic E-state index is 0.160. The molecule has 5 aliphatic rings. The molecule has 0 amide bonds. The fourth-order valence-electron chi connectivity index (χ4n) is 9.89. The first kappa shape index (κ1) is 24.8. The van der Waals surface area contributed by atoms with Gasteiger partial charge in [-0.2, -0.15) is 0 Å². The summed E-state index contributed by atoms with van der Waals surface area (Å²) in [6, 6.07) is 19.0. The van der Waals surface area contributed by atoms with Crippen LogP contribution in [0.4, 0.5) is 5.69 Å². The highest BCUT2D eigenvalue weighted by Crippen LogP contribution is 2.64. The number of anilines is 1. The lowest BCUT2D eigenvalue weighted by Gasteiger charge is -2.56. The van der Waals surface area contributed by atoms with Gasteiger partial charge in [0.05, 0.1) is 11.2 Å². The number of allylic oxidation sites excluding steroid dienone is 1. The van der Waals surface area contributed by atoms with E-state index in [2.05, 4.69) is 72.2 Å². The molecule has 0 spiro atoms. The second-order valence-corrected chi connectivity index (χ2v) is 13.3. The molecule has 0 aromatic heterocycles. The van der Waals surface area contributed by atoms with Gasteiger partial charge >= 0.3 is 0 Å². The van der Waals surface area contributed by atoms with Gasteiger partial charge in [0.1, 0.15) is 6.17 Å². The van der Waals surface area contributed by atoms with Crippen molar-refractivity contribution >= 4 is 11.4 Å². The molecule has 38 heavy (non-hydrogen) atoms. The SMILES string of the molecule is CC1=C2c3ccccc3C(C3CCCCC3)(C3CCCCC3)N2C(C2CCCCC2)N1c1ccccc1C. The molecule has 1 atom stereocenters. The van der Waals surface area contributed by atoms with Crippen LogP contribution in [0.5, 0.6) is 0 Å². The molecule has 0 saturated heterocycles. The smallest absolute Gasteiger partial charge is 0.110 e.